The van der Waals surface area contributed by atoms with E-state index in [-0.39, 0.29) is 5.92 Å². The molecule has 0 spiro atoms. The Morgan fingerprint density at radius 2 is 2.08 bits per heavy atom. The third-order valence-electron chi connectivity index (χ3n) is 2.58. The fraction of sp³-hybridized carbons (Fsp3) is 0.364. The molecule has 0 unspecified atom stereocenters. The van der Waals surface area contributed by atoms with Crippen LogP contribution in [0.3, 0.4) is 0 Å². The largest absolute Gasteiger partial charge is 0.481 e. The molecule has 0 aliphatic heterocycles. The second-order valence-corrected chi connectivity index (χ2v) is 3.63. The van der Waals surface area contributed by atoms with E-state index in [9.17, 15) is 4.79 Å². The lowest BCUT2D eigenvalue weighted by molar-refractivity contribution is -0.138. The Morgan fingerprint density at radius 3 is 2.62 bits per heavy atom. The Morgan fingerprint density at radius 1 is 1.38 bits per heavy atom. The van der Waals surface area contributed by atoms with Crippen molar-refractivity contribution in [3.8, 4) is 0 Å². The molecule has 1 aromatic carbocycles. The number of aliphatic carboxylic acids is 1. The van der Waals surface area contributed by atoms with Gasteiger partial charge in [0.1, 0.15) is 0 Å². The summed E-state index contributed by atoms with van der Waals surface area (Å²) in [5.41, 5.74) is 1.25. The number of carboxylic acid groups (broad SMARTS) is 1. The molecule has 1 saturated carbocycles. The predicted octanol–water partition coefficient (Wildman–Crippen LogP) is 1.95. The van der Waals surface area contributed by atoms with Gasteiger partial charge in [-0.2, -0.15) is 0 Å². The zero-order chi connectivity index (χ0) is 9.26. The third kappa shape index (κ3) is 1.89. The normalized spacial score (nSPS) is 25.5. The van der Waals surface area contributed by atoms with E-state index in [4.69, 9.17) is 5.11 Å². The van der Waals surface area contributed by atoms with Gasteiger partial charge in [0.25, 0.3) is 0 Å². The molecular formula is C11H12O2. The smallest absolute Gasteiger partial charge is 0.306 e. The van der Waals surface area contributed by atoms with Crippen LogP contribution in [-0.2, 0) is 11.2 Å². The average Bonchev–Trinajstić information content (AvgIpc) is 2.86. The molecule has 68 valence electrons. The summed E-state index contributed by atoms with van der Waals surface area (Å²) in [6.07, 6.45) is 1.77. The molecule has 2 heteroatoms. The zero-order valence-electron chi connectivity index (χ0n) is 7.31. The van der Waals surface area contributed by atoms with E-state index in [0.29, 0.717) is 5.92 Å². The molecule has 0 radical (unpaired) electrons. The molecule has 0 saturated heterocycles. The van der Waals surface area contributed by atoms with Crippen LogP contribution in [0.15, 0.2) is 30.3 Å². The summed E-state index contributed by atoms with van der Waals surface area (Å²) in [4.78, 5) is 10.6. The summed E-state index contributed by atoms with van der Waals surface area (Å²) >= 11 is 0. The summed E-state index contributed by atoms with van der Waals surface area (Å²) < 4.78 is 0. The first-order chi connectivity index (χ1) is 6.27. The van der Waals surface area contributed by atoms with Gasteiger partial charge < -0.3 is 5.11 Å². The Hall–Kier alpha value is -1.31. The lowest BCUT2D eigenvalue weighted by Gasteiger charge is -1.97. The maximum atomic E-state index is 10.6. The molecular weight excluding hydrogens is 164 g/mol. The summed E-state index contributed by atoms with van der Waals surface area (Å²) in [5.74, 6) is -0.346. The van der Waals surface area contributed by atoms with Crippen LogP contribution in [0.4, 0.5) is 0 Å². The van der Waals surface area contributed by atoms with Crippen LogP contribution in [-0.4, -0.2) is 11.1 Å². The molecule has 0 bridgehead atoms. The van der Waals surface area contributed by atoms with Crippen LogP contribution < -0.4 is 0 Å². The van der Waals surface area contributed by atoms with Crippen LogP contribution in [0.1, 0.15) is 12.0 Å². The van der Waals surface area contributed by atoms with Gasteiger partial charge in [0.2, 0.25) is 0 Å². The molecule has 0 heterocycles. The van der Waals surface area contributed by atoms with Gasteiger partial charge >= 0.3 is 5.97 Å². The second kappa shape index (κ2) is 3.21. The van der Waals surface area contributed by atoms with Gasteiger partial charge in [-0.25, -0.2) is 0 Å². The van der Waals surface area contributed by atoms with Crippen molar-refractivity contribution in [1.82, 2.24) is 0 Å². The van der Waals surface area contributed by atoms with E-state index < -0.39 is 5.97 Å². The molecule has 13 heavy (non-hydrogen) atoms. The van der Waals surface area contributed by atoms with Crippen molar-refractivity contribution in [3.05, 3.63) is 35.9 Å². The van der Waals surface area contributed by atoms with Crippen LogP contribution in [0.5, 0.6) is 0 Å². The average molecular weight is 176 g/mol. The maximum absolute atomic E-state index is 10.6. The lowest BCUT2D eigenvalue weighted by atomic mass is 10.1. The van der Waals surface area contributed by atoms with Crippen molar-refractivity contribution in [3.63, 3.8) is 0 Å². The minimum Gasteiger partial charge on any atom is -0.481 e. The lowest BCUT2D eigenvalue weighted by Crippen LogP contribution is -2.00. The maximum Gasteiger partial charge on any atom is 0.306 e. The minimum atomic E-state index is -0.638. The number of hydrogen-bond donors (Lipinski definition) is 1. The fourth-order valence-electron chi connectivity index (χ4n) is 1.69. The first-order valence-corrected chi connectivity index (χ1v) is 4.54. The molecule has 1 aromatic rings. The van der Waals surface area contributed by atoms with Gasteiger partial charge in [-0.05, 0) is 24.3 Å². The van der Waals surface area contributed by atoms with E-state index in [2.05, 4.69) is 12.1 Å². The highest BCUT2D eigenvalue weighted by atomic mass is 16.4. The Labute approximate surface area is 77.2 Å². The van der Waals surface area contributed by atoms with Crippen molar-refractivity contribution in [2.24, 2.45) is 11.8 Å². The highest BCUT2D eigenvalue weighted by Crippen LogP contribution is 2.40. The van der Waals surface area contributed by atoms with E-state index in [0.717, 1.165) is 12.8 Å². The standard InChI is InChI=1S/C11H12O2/c12-11(13)10-7-9(10)6-8-4-2-1-3-5-8/h1-5,9-10H,6-7H2,(H,12,13)/t9-,10+/m1/s1. The Balaban J connectivity index is 1.92. The third-order valence-corrected chi connectivity index (χ3v) is 2.58. The van der Waals surface area contributed by atoms with E-state index >= 15 is 0 Å². The Bertz CT molecular complexity index is 305. The first kappa shape index (κ1) is 8.30. The number of rotatable bonds is 3. The van der Waals surface area contributed by atoms with Crippen molar-refractivity contribution in [2.75, 3.05) is 0 Å². The van der Waals surface area contributed by atoms with Crippen molar-refractivity contribution in [2.45, 2.75) is 12.8 Å². The van der Waals surface area contributed by atoms with Crippen LogP contribution in [0.2, 0.25) is 0 Å². The molecule has 2 rings (SSSR count). The predicted molar refractivity (Wildman–Crippen MR) is 49.4 cm³/mol. The molecule has 1 N–H and O–H groups in total. The zero-order valence-corrected chi connectivity index (χ0v) is 7.31. The molecule has 2 atom stereocenters. The van der Waals surface area contributed by atoms with Crippen molar-refractivity contribution >= 4 is 5.97 Å². The SMILES string of the molecule is O=C(O)[C@H]1C[C@H]1Cc1ccccc1. The van der Waals surface area contributed by atoms with E-state index in [1.54, 1.807) is 0 Å². The second-order valence-electron chi connectivity index (χ2n) is 3.63. The number of carboxylic acids is 1. The summed E-state index contributed by atoms with van der Waals surface area (Å²) in [6.45, 7) is 0. The van der Waals surface area contributed by atoms with Crippen LogP contribution in [0.25, 0.3) is 0 Å². The van der Waals surface area contributed by atoms with Gasteiger partial charge in [0, 0.05) is 0 Å². The quantitative estimate of drug-likeness (QED) is 0.764. The molecule has 0 aromatic heterocycles. The van der Waals surface area contributed by atoms with Crippen LogP contribution >= 0.6 is 0 Å². The monoisotopic (exact) mass is 176 g/mol. The molecule has 1 fully saturated rings. The Kier molecular flexibility index (Phi) is 2.05. The molecule has 2 nitrogen and oxygen atoms in total. The molecule has 1 aliphatic rings. The highest BCUT2D eigenvalue weighted by molar-refractivity contribution is 5.73. The van der Waals surface area contributed by atoms with Gasteiger partial charge in [0.15, 0.2) is 0 Å². The minimum absolute atomic E-state index is 0.0831. The summed E-state index contributed by atoms with van der Waals surface area (Å²) in [6, 6.07) is 10.1. The molecule has 0 amide bonds. The van der Waals surface area contributed by atoms with Gasteiger partial charge in [-0.15, -0.1) is 0 Å². The molecule has 1 aliphatic carbocycles. The topological polar surface area (TPSA) is 37.3 Å². The van der Waals surface area contributed by atoms with Gasteiger partial charge in [0.05, 0.1) is 5.92 Å². The van der Waals surface area contributed by atoms with Gasteiger partial charge in [-0.1, -0.05) is 30.3 Å². The van der Waals surface area contributed by atoms with Crippen LogP contribution in [0, 0.1) is 11.8 Å². The number of hydrogen-bond acceptors (Lipinski definition) is 1. The summed E-state index contributed by atoms with van der Waals surface area (Å²) in [7, 11) is 0. The fourth-order valence-corrected chi connectivity index (χ4v) is 1.69. The van der Waals surface area contributed by atoms with Gasteiger partial charge in [-0.3, -0.25) is 4.79 Å². The van der Waals surface area contributed by atoms with E-state index in [1.165, 1.54) is 5.56 Å². The number of benzene rings is 1. The van der Waals surface area contributed by atoms with Crippen molar-refractivity contribution in [1.29, 1.82) is 0 Å². The van der Waals surface area contributed by atoms with E-state index in [1.807, 2.05) is 18.2 Å². The number of carbonyl (C=O) groups is 1. The highest BCUT2D eigenvalue weighted by Gasteiger charge is 2.42. The first-order valence-electron chi connectivity index (χ1n) is 4.54. The van der Waals surface area contributed by atoms with Crippen molar-refractivity contribution < 1.29 is 9.90 Å². The summed E-state index contributed by atoms with van der Waals surface area (Å²) in [5, 5.41) is 8.70.